The molecule has 0 spiro atoms. The maximum absolute atomic E-state index is 12.9. The fraction of sp³-hybridized carbons (Fsp3) is 0.848. The Kier molecular flexibility index (Phi) is 37.4. The number of carbonyl (C=O) groups excluding carboxylic acids is 1. The van der Waals surface area contributed by atoms with E-state index in [-0.39, 0.29) is 19.1 Å². The molecule has 324 valence electrons. The summed E-state index contributed by atoms with van der Waals surface area (Å²) in [6.45, 7) is 4.79. The third-order valence-electron chi connectivity index (χ3n) is 10.1. The van der Waals surface area contributed by atoms with E-state index in [0.717, 1.165) is 44.9 Å². The predicted octanol–water partition coefficient (Wildman–Crippen LogP) is 12.7. The topological polar surface area (TPSA) is 105 Å². The first-order valence-electron chi connectivity index (χ1n) is 22.9. The lowest BCUT2D eigenvalue weighted by molar-refractivity contribution is -0.870. The first-order chi connectivity index (χ1) is 26.5. The molecule has 0 heterocycles. The molecule has 8 nitrogen and oxygen atoms in total. The molecular weight excluding hydrogens is 707 g/mol. The summed E-state index contributed by atoms with van der Waals surface area (Å²) in [6.07, 6.45) is 46.4. The normalized spacial score (nSPS) is 14.7. The van der Waals surface area contributed by atoms with E-state index >= 15 is 0 Å². The van der Waals surface area contributed by atoms with Crippen LogP contribution in [0.25, 0.3) is 0 Å². The number of allylic oxidation sites excluding steroid dienone is 5. The summed E-state index contributed by atoms with van der Waals surface area (Å²) in [5.41, 5.74) is 0. The second kappa shape index (κ2) is 38.2. The Labute approximate surface area is 340 Å². The second-order valence-corrected chi connectivity index (χ2v) is 18.2. The number of amides is 1. The number of hydrogen-bond donors (Lipinski definition) is 3. The van der Waals surface area contributed by atoms with Gasteiger partial charge in [0.05, 0.1) is 39.9 Å². The highest BCUT2D eigenvalue weighted by Crippen LogP contribution is 2.43. The first kappa shape index (κ1) is 53.7. The minimum atomic E-state index is -4.34. The highest BCUT2D eigenvalue weighted by Gasteiger charge is 2.27. The Balaban J connectivity index is 4.34. The molecule has 0 fully saturated rings. The zero-order valence-electron chi connectivity index (χ0n) is 36.7. The fourth-order valence-electron chi connectivity index (χ4n) is 6.42. The van der Waals surface area contributed by atoms with E-state index in [4.69, 9.17) is 9.05 Å². The molecule has 0 radical (unpaired) electrons. The molecule has 55 heavy (non-hydrogen) atoms. The minimum Gasteiger partial charge on any atom is -0.387 e. The lowest BCUT2D eigenvalue weighted by Gasteiger charge is -2.25. The summed E-state index contributed by atoms with van der Waals surface area (Å²) in [5.74, 6) is -0.183. The zero-order chi connectivity index (χ0) is 40.7. The summed E-state index contributed by atoms with van der Waals surface area (Å²) >= 11 is 0. The van der Waals surface area contributed by atoms with Crippen LogP contribution in [0.15, 0.2) is 36.5 Å². The van der Waals surface area contributed by atoms with Gasteiger partial charge in [-0.3, -0.25) is 13.8 Å². The van der Waals surface area contributed by atoms with Gasteiger partial charge in [-0.1, -0.05) is 179 Å². The Morgan fingerprint density at radius 1 is 0.618 bits per heavy atom. The van der Waals surface area contributed by atoms with Crippen LogP contribution in [0.3, 0.4) is 0 Å². The van der Waals surface area contributed by atoms with Gasteiger partial charge in [-0.25, -0.2) is 4.57 Å². The van der Waals surface area contributed by atoms with Crippen LogP contribution in [0.1, 0.15) is 200 Å². The maximum Gasteiger partial charge on any atom is 0.472 e. The number of phosphoric ester groups is 1. The third-order valence-corrected chi connectivity index (χ3v) is 11.1. The molecule has 0 aliphatic carbocycles. The lowest BCUT2D eigenvalue weighted by atomic mass is 10.0. The minimum absolute atomic E-state index is 0.0604. The highest BCUT2D eigenvalue weighted by atomic mass is 31.2. The van der Waals surface area contributed by atoms with Crippen LogP contribution in [0.5, 0.6) is 0 Å². The van der Waals surface area contributed by atoms with Gasteiger partial charge in [0.2, 0.25) is 5.91 Å². The molecule has 0 saturated carbocycles. The second-order valence-electron chi connectivity index (χ2n) is 16.8. The molecule has 9 heteroatoms. The van der Waals surface area contributed by atoms with Crippen molar-refractivity contribution in [3.63, 3.8) is 0 Å². The summed E-state index contributed by atoms with van der Waals surface area (Å²) in [5, 5.41) is 13.8. The molecule has 0 aromatic heterocycles. The average Bonchev–Trinajstić information content (AvgIpc) is 3.13. The van der Waals surface area contributed by atoms with Crippen LogP contribution in [0, 0.1) is 0 Å². The summed E-state index contributed by atoms with van der Waals surface area (Å²) in [6, 6.07) is -0.846. The molecule has 3 N–H and O–H groups in total. The van der Waals surface area contributed by atoms with Crippen molar-refractivity contribution >= 4 is 13.7 Å². The van der Waals surface area contributed by atoms with E-state index < -0.39 is 20.0 Å². The Morgan fingerprint density at radius 2 is 1.04 bits per heavy atom. The summed E-state index contributed by atoms with van der Waals surface area (Å²) in [7, 11) is 1.57. The lowest BCUT2D eigenvalue weighted by Crippen LogP contribution is -2.45. The molecule has 0 aliphatic rings. The number of aliphatic hydroxyl groups is 1. The van der Waals surface area contributed by atoms with Crippen LogP contribution in [-0.2, 0) is 18.4 Å². The van der Waals surface area contributed by atoms with Crippen molar-refractivity contribution in [2.24, 2.45) is 0 Å². The van der Waals surface area contributed by atoms with Gasteiger partial charge < -0.3 is 19.8 Å². The SMILES string of the molecule is CCCCCCC/C=C\C/C=C\CCCCCCCCCCCC(=O)NC(COP(=O)(O)OCC[N+](C)(C)C)C(O)/C=C/CCCCCCCCCCCC. The fourth-order valence-corrected chi connectivity index (χ4v) is 7.16. The van der Waals surface area contributed by atoms with E-state index in [1.54, 1.807) is 6.08 Å². The van der Waals surface area contributed by atoms with Crippen LogP contribution in [0.4, 0.5) is 0 Å². The highest BCUT2D eigenvalue weighted by molar-refractivity contribution is 7.47. The van der Waals surface area contributed by atoms with Gasteiger partial charge in [0, 0.05) is 6.42 Å². The molecule has 0 aromatic rings. The van der Waals surface area contributed by atoms with Gasteiger partial charge in [-0.15, -0.1) is 0 Å². The number of unbranched alkanes of at least 4 members (excludes halogenated alkanes) is 24. The van der Waals surface area contributed by atoms with E-state index in [1.807, 2.05) is 27.2 Å². The largest absolute Gasteiger partial charge is 0.472 e. The quantitative estimate of drug-likeness (QED) is 0.0246. The van der Waals surface area contributed by atoms with Gasteiger partial charge in [0.15, 0.2) is 0 Å². The molecule has 3 unspecified atom stereocenters. The van der Waals surface area contributed by atoms with Crippen LogP contribution in [-0.4, -0.2) is 73.4 Å². The van der Waals surface area contributed by atoms with E-state index in [1.165, 1.54) is 135 Å². The van der Waals surface area contributed by atoms with Crippen molar-refractivity contribution in [3.05, 3.63) is 36.5 Å². The Morgan fingerprint density at radius 3 is 1.49 bits per heavy atom. The van der Waals surface area contributed by atoms with Crippen molar-refractivity contribution in [1.82, 2.24) is 5.32 Å². The molecule has 1 amide bonds. The van der Waals surface area contributed by atoms with Gasteiger partial charge >= 0.3 is 7.82 Å². The molecule has 0 bridgehead atoms. The average molecular weight is 798 g/mol. The number of hydrogen-bond acceptors (Lipinski definition) is 5. The number of quaternary nitrogens is 1. The number of phosphoric acid groups is 1. The molecule has 0 aromatic carbocycles. The van der Waals surface area contributed by atoms with Gasteiger partial charge in [0.25, 0.3) is 0 Å². The molecule has 0 rings (SSSR count). The first-order valence-corrected chi connectivity index (χ1v) is 24.4. The maximum atomic E-state index is 12.9. The molecule has 3 atom stereocenters. The van der Waals surface area contributed by atoms with Crippen molar-refractivity contribution in [1.29, 1.82) is 0 Å². The number of aliphatic hydroxyl groups excluding tert-OH is 1. The van der Waals surface area contributed by atoms with Crippen LogP contribution < -0.4 is 5.32 Å². The zero-order valence-corrected chi connectivity index (χ0v) is 37.6. The number of rotatable bonds is 41. The smallest absolute Gasteiger partial charge is 0.387 e. The van der Waals surface area contributed by atoms with E-state index in [2.05, 4.69) is 43.5 Å². The number of likely N-dealkylation sites (N-methyl/N-ethyl adjacent to an activating group) is 1. The number of carbonyl (C=O) groups is 1. The van der Waals surface area contributed by atoms with Crippen LogP contribution >= 0.6 is 7.82 Å². The predicted molar refractivity (Wildman–Crippen MR) is 235 cm³/mol. The molecular formula is C46H90N2O6P+. The van der Waals surface area contributed by atoms with E-state index in [0.29, 0.717) is 17.4 Å². The number of nitrogens with zero attached hydrogens (tertiary/aromatic N) is 1. The standard InChI is InChI=1S/C46H89N2O6P/c1-6-8-10-12-14-16-18-20-21-22-23-24-25-26-27-28-30-32-34-36-38-40-46(50)47-44(43-54-55(51,52)53-42-41-48(3,4)5)45(49)39-37-35-33-31-29-19-17-15-13-11-9-7-2/h18,20,22-23,37,39,44-45,49H,6-17,19,21,24-36,38,40-43H2,1-5H3,(H-,47,50,51,52)/p+1/b20-18-,23-22-,39-37+. The van der Waals surface area contributed by atoms with Crippen molar-refractivity contribution in [2.45, 2.75) is 212 Å². The van der Waals surface area contributed by atoms with Crippen LogP contribution in [0.2, 0.25) is 0 Å². The Bertz CT molecular complexity index is 995. The van der Waals surface area contributed by atoms with Gasteiger partial charge in [-0.05, 0) is 51.4 Å². The van der Waals surface area contributed by atoms with Crippen molar-refractivity contribution in [2.75, 3.05) is 40.9 Å². The molecule has 0 saturated heterocycles. The van der Waals surface area contributed by atoms with E-state index in [9.17, 15) is 19.4 Å². The van der Waals surface area contributed by atoms with Crippen molar-refractivity contribution in [3.8, 4) is 0 Å². The van der Waals surface area contributed by atoms with Gasteiger partial charge in [0.1, 0.15) is 13.2 Å². The summed E-state index contributed by atoms with van der Waals surface area (Å²) < 4.78 is 23.5. The van der Waals surface area contributed by atoms with Gasteiger partial charge in [-0.2, -0.15) is 0 Å². The summed E-state index contributed by atoms with van der Waals surface area (Å²) in [4.78, 5) is 23.1. The third kappa shape index (κ3) is 40.7. The number of nitrogens with one attached hydrogen (secondary N) is 1. The molecule has 0 aliphatic heterocycles. The Hall–Kier alpha value is -1.28. The monoisotopic (exact) mass is 798 g/mol. The van der Waals surface area contributed by atoms with Crippen molar-refractivity contribution < 1.29 is 32.9 Å².